The summed E-state index contributed by atoms with van der Waals surface area (Å²) in [6, 6.07) is 11.9. The number of anilines is 1. The lowest BCUT2D eigenvalue weighted by Crippen LogP contribution is -2.49. The van der Waals surface area contributed by atoms with Crippen molar-refractivity contribution >= 4 is 34.2 Å². The SMILES string of the molecule is CC1CCC[C@@H](CO)C2CCC2CN2C[C@@]3(CCCc4cc(Cl)ccc43)COc3ccc(cc32)C(=O)NS(=O)C1. The molecule has 2 aromatic rings. The van der Waals surface area contributed by atoms with Crippen LogP contribution < -0.4 is 14.4 Å². The fourth-order valence-corrected chi connectivity index (χ4v) is 8.98. The Morgan fingerprint density at radius 1 is 1.15 bits per heavy atom. The monoisotopic (exact) mass is 584 g/mol. The molecule has 2 aliphatic carbocycles. The number of aryl methyl sites for hydroxylation is 1. The molecule has 1 amide bonds. The highest BCUT2D eigenvalue weighted by molar-refractivity contribution is 7.83. The van der Waals surface area contributed by atoms with Crippen molar-refractivity contribution in [3.05, 3.63) is 58.1 Å². The summed E-state index contributed by atoms with van der Waals surface area (Å²) in [6.45, 7) is 4.56. The third-order valence-corrected chi connectivity index (χ3v) is 11.5. The molecule has 0 aromatic heterocycles. The number of carbonyl (C=O) groups is 1. The van der Waals surface area contributed by atoms with Gasteiger partial charge in [0.15, 0.2) is 0 Å². The first kappa shape index (κ1) is 28.0. The smallest absolute Gasteiger partial charge is 0.263 e. The summed E-state index contributed by atoms with van der Waals surface area (Å²) >= 11 is 6.40. The maximum atomic E-state index is 13.2. The number of rotatable bonds is 1. The molecule has 1 saturated carbocycles. The zero-order chi connectivity index (χ0) is 27.9. The molecular formula is C32H41ClN2O4S. The number of aliphatic hydroxyl groups excluding tert-OH is 1. The quantitative estimate of drug-likeness (QED) is 0.452. The van der Waals surface area contributed by atoms with E-state index in [2.05, 4.69) is 28.7 Å². The Kier molecular flexibility index (Phi) is 8.17. The highest BCUT2D eigenvalue weighted by atomic mass is 35.5. The molecule has 4 unspecified atom stereocenters. The molecule has 1 fully saturated rings. The minimum Gasteiger partial charge on any atom is -0.490 e. The number of hydrogen-bond acceptors (Lipinski definition) is 5. The lowest BCUT2D eigenvalue weighted by atomic mass is 9.65. The molecule has 40 heavy (non-hydrogen) atoms. The van der Waals surface area contributed by atoms with Crippen LogP contribution >= 0.6 is 11.6 Å². The fraction of sp³-hybridized carbons (Fsp3) is 0.594. The minimum absolute atomic E-state index is 0.173. The second-order valence-electron chi connectivity index (χ2n) is 12.7. The standard InChI is InChI=1S/C32H41ClN2O4S/c1-21-4-2-5-25(17-36)27-10-7-24(27)16-35-19-32(13-3-6-22-14-26(33)9-11-28(22)32)20-39-30-12-8-23(15-29(30)35)31(37)34-40(38)18-21/h8-9,11-12,14-15,21,24-25,27,36H,2-7,10,13,16-20H2,1H3,(H,34,37)/t21?,24?,25-,27?,32-,40?/m0/s1. The maximum Gasteiger partial charge on any atom is 0.263 e. The number of carbonyl (C=O) groups excluding carboxylic acids is 1. The minimum atomic E-state index is -1.44. The van der Waals surface area contributed by atoms with Crippen molar-refractivity contribution in [1.29, 1.82) is 0 Å². The van der Waals surface area contributed by atoms with E-state index in [1.165, 1.54) is 11.1 Å². The molecule has 4 aliphatic rings. The fourth-order valence-electron chi connectivity index (χ4n) is 7.70. The summed E-state index contributed by atoms with van der Waals surface area (Å²) in [7, 11) is -1.44. The van der Waals surface area contributed by atoms with E-state index in [1.54, 1.807) is 6.07 Å². The lowest BCUT2D eigenvalue weighted by Gasteiger charge is -2.46. The van der Waals surface area contributed by atoms with Crippen molar-refractivity contribution in [3.8, 4) is 5.75 Å². The van der Waals surface area contributed by atoms with Gasteiger partial charge in [-0.3, -0.25) is 9.52 Å². The Morgan fingerprint density at radius 3 is 2.83 bits per heavy atom. The largest absolute Gasteiger partial charge is 0.490 e. The van der Waals surface area contributed by atoms with Gasteiger partial charge < -0.3 is 14.7 Å². The van der Waals surface area contributed by atoms with Gasteiger partial charge >= 0.3 is 0 Å². The Bertz CT molecular complexity index is 1290. The predicted molar refractivity (Wildman–Crippen MR) is 160 cm³/mol. The number of hydrogen-bond donors (Lipinski definition) is 2. The van der Waals surface area contributed by atoms with Gasteiger partial charge in [0, 0.05) is 41.5 Å². The highest BCUT2D eigenvalue weighted by Crippen LogP contribution is 2.47. The van der Waals surface area contributed by atoms with Crippen molar-refractivity contribution in [1.82, 2.24) is 4.72 Å². The number of nitrogens with zero attached hydrogens (tertiary/aromatic N) is 1. The number of ether oxygens (including phenoxy) is 1. The van der Waals surface area contributed by atoms with Crippen LogP contribution in [0.2, 0.25) is 5.02 Å². The molecule has 1 spiro atoms. The summed E-state index contributed by atoms with van der Waals surface area (Å²) in [5.41, 5.74) is 3.90. The van der Waals surface area contributed by atoms with Gasteiger partial charge in [0.05, 0.1) is 12.3 Å². The number of nitrogens with one attached hydrogen (secondary N) is 1. The summed E-state index contributed by atoms with van der Waals surface area (Å²) in [5, 5.41) is 11.1. The molecule has 2 N–H and O–H groups in total. The van der Waals surface area contributed by atoms with Crippen LogP contribution in [0.3, 0.4) is 0 Å². The van der Waals surface area contributed by atoms with E-state index in [9.17, 15) is 14.1 Å². The maximum absolute atomic E-state index is 13.2. The number of amides is 1. The zero-order valence-corrected chi connectivity index (χ0v) is 24.9. The molecule has 8 heteroatoms. The molecule has 0 saturated heterocycles. The molecule has 2 bridgehead atoms. The predicted octanol–water partition coefficient (Wildman–Crippen LogP) is 5.66. The molecule has 216 valence electrons. The first-order valence-corrected chi connectivity index (χ1v) is 16.7. The Balaban J connectivity index is 1.39. The van der Waals surface area contributed by atoms with E-state index >= 15 is 0 Å². The van der Waals surface area contributed by atoms with Crippen molar-refractivity contribution < 1.29 is 18.8 Å². The van der Waals surface area contributed by atoms with Crippen LogP contribution in [0.4, 0.5) is 5.69 Å². The van der Waals surface area contributed by atoms with Crippen molar-refractivity contribution in [2.45, 2.75) is 63.7 Å². The first-order valence-electron chi connectivity index (χ1n) is 15.0. The van der Waals surface area contributed by atoms with Gasteiger partial charge in [0.2, 0.25) is 0 Å². The van der Waals surface area contributed by atoms with Gasteiger partial charge in [0.25, 0.3) is 5.91 Å². The van der Waals surface area contributed by atoms with Crippen LogP contribution in [0.1, 0.15) is 73.4 Å². The second-order valence-corrected chi connectivity index (χ2v) is 14.4. The zero-order valence-electron chi connectivity index (χ0n) is 23.4. The van der Waals surface area contributed by atoms with Gasteiger partial charge in [0.1, 0.15) is 16.7 Å². The third-order valence-electron chi connectivity index (χ3n) is 9.98. The number of halogens is 1. The normalized spacial score (nSPS) is 32.6. The van der Waals surface area contributed by atoms with Crippen molar-refractivity contribution in [2.75, 3.05) is 37.0 Å². The second kappa shape index (κ2) is 11.7. The summed E-state index contributed by atoms with van der Waals surface area (Å²) in [5.74, 6) is 2.45. The van der Waals surface area contributed by atoms with Gasteiger partial charge in [-0.2, -0.15) is 0 Å². The number of aliphatic hydroxyl groups is 1. The topological polar surface area (TPSA) is 78.9 Å². The van der Waals surface area contributed by atoms with Crippen molar-refractivity contribution in [3.63, 3.8) is 0 Å². The molecule has 6 atom stereocenters. The van der Waals surface area contributed by atoms with Gasteiger partial charge in [-0.15, -0.1) is 0 Å². The number of fused-ring (bicyclic) bond motifs is 4. The molecule has 6 nitrogen and oxygen atoms in total. The number of benzene rings is 2. The van der Waals surface area contributed by atoms with Crippen LogP contribution in [0.15, 0.2) is 36.4 Å². The molecule has 2 aliphatic heterocycles. The Morgan fingerprint density at radius 2 is 2.02 bits per heavy atom. The van der Waals surface area contributed by atoms with Gasteiger partial charge in [-0.05, 0) is 110 Å². The van der Waals surface area contributed by atoms with E-state index in [0.29, 0.717) is 35.7 Å². The van der Waals surface area contributed by atoms with Crippen molar-refractivity contribution in [2.24, 2.45) is 23.7 Å². The Hall–Kier alpha value is -2.09. The van der Waals surface area contributed by atoms with E-state index in [0.717, 1.165) is 80.9 Å². The van der Waals surface area contributed by atoms with E-state index in [-0.39, 0.29) is 23.8 Å². The van der Waals surface area contributed by atoms with E-state index < -0.39 is 11.0 Å². The summed E-state index contributed by atoms with van der Waals surface area (Å²) < 4.78 is 22.1. The van der Waals surface area contributed by atoms with Crippen LogP contribution in [0.25, 0.3) is 0 Å². The van der Waals surface area contributed by atoms with Gasteiger partial charge in [-0.25, -0.2) is 4.21 Å². The molecule has 0 radical (unpaired) electrons. The van der Waals surface area contributed by atoms with Gasteiger partial charge in [-0.1, -0.05) is 31.0 Å². The van der Waals surface area contributed by atoms with E-state index in [4.69, 9.17) is 16.3 Å². The average Bonchev–Trinajstić information content (AvgIpc) is 3.06. The molecule has 2 heterocycles. The lowest BCUT2D eigenvalue weighted by molar-refractivity contribution is 0.0570. The van der Waals surface area contributed by atoms with Crippen LogP contribution in [0, 0.1) is 23.7 Å². The Labute approximate surface area is 245 Å². The molecule has 6 rings (SSSR count). The van der Waals surface area contributed by atoms with Crippen LogP contribution in [-0.4, -0.2) is 47.3 Å². The average molecular weight is 585 g/mol. The highest BCUT2D eigenvalue weighted by Gasteiger charge is 2.44. The molecular weight excluding hydrogens is 544 g/mol. The van der Waals surface area contributed by atoms with E-state index in [1.807, 2.05) is 18.2 Å². The van der Waals surface area contributed by atoms with Crippen LogP contribution in [0.5, 0.6) is 5.75 Å². The summed E-state index contributed by atoms with van der Waals surface area (Å²) in [4.78, 5) is 15.7. The third kappa shape index (κ3) is 5.54. The van der Waals surface area contributed by atoms with Crippen LogP contribution in [-0.2, 0) is 22.8 Å². The summed E-state index contributed by atoms with van der Waals surface area (Å²) in [6.07, 6.45) is 8.38. The first-order chi connectivity index (χ1) is 19.3. The molecule has 2 aromatic carbocycles.